The van der Waals surface area contributed by atoms with Crippen molar-refractivity contribution in [3.8, 4) is 0 Å². The van der Waals surface area contributed by atoms with E-state index >= 15 is 0 Å². The number of halogens is 1. The highest BCUT2D eigenvalue weighted by molar-refractivity contribution is 9.10. The summed E-state index contributed by atoms with van der Waals surface area (Å²) in [6.45, 7) is 3.19. The molecule has 0 saturated carbocycles. The monoisotopic (exact) mass is 349 g/mol. The van der Waals surface area contributed by atoms with Crippen LogP contribution in [0.1, 0.15) is 46.7 Å². The summed E-state index contributed by atoms with van der Waals surface area (Å²) in [5.74, 6) is 0. The smallest absolute Gasteiger partial charge is 0.0389 e. The summed E-state index contributed by atoms with van der Waals surface area (Å²) >= 11 is 5.54. The summed E-state index contributed by atoms with van der Waals surface area (Å²) in [4.78, 5) is 3.12. The van der Waals surface area contributed by atoms with Crippen LogP contribution in [0.5, 0.6) is 0 Å². The zero-order chi connectivity index (χ0) is 13.9. The van der Waals surface area contributed by atoms with Crippen LogP contribution in [0, 0.1) is 0 Å². The molecule has 1 aliphatic rings. The van der Waals surface area contributed by atoms with Gasteiger partial charge in [-0.15, -0.1) is 11.3 Å². The standard InChI is InChI=1S/C17H20BrNS/c1-12(19-11-13-5-4-7-15(18)9-13)17-10-14-6-2-3-8-16(14)20-17/h4-5,7,9-10,12,19H,2-3,6,8,11H2,1H3. The highest BCUT2D eigenvalue weighted by Crippen LogP contribution is 2.32. The Balaban J connectivity index is 1.64. The molecule has 0 saturated heterocycles. The molecule has 0 spiro atoms. The molecule has 0 amide bonds. The first-order valence-electron chi connectivity index (χ1n) is 7.31. The first kappa shape index (κ1) is 14.3. The van der Waals surface area contributed by atoms with Gasteiger partial charge in [-0.25, -0.2) is 0 Å². The third kappa shape index (κ3) is 3.33. The van der Waals surface area contributed by atoms with E-state index in [4.69, 9.17) is 0 Å². The first-order chi connectivity index (χ1) is 9.72. The van der Waals surface area contributed by atoms with Gasteiger partial charge in [0.15, 0.2) is 0 Å². The summed E-state index contributed by atoms with van der Waals surface area (Å²) in [6.07, 6.45) is 5.30. The molecule has 0 bridgehead atoms. The molecule has 1 nitrogen and oxygen atoms in total. The van der Waals surface area contributed by atoms with Gasteiger partial charge in [0.05, 0.1) is 0 Å². The van der Waals surface area contributed by atoms with E-state index in [0.717, 1.165) is 11.0 Å². The molecule has 1 atom stereocenters. The molecule has 3 rings (SSSR count). The average Bonchev–Trinajstić information content (AvgIpc) is 2.89. The number of rotatable bonds is 4. The summed E-state index contributed by atoms with van der Waals surface area (Å²) in [5.41, 5.74) is 2.93. The molecule has 1 aliphatic carbocycles. The van der Waals surface area contributed by atoms with E-state index in [1.807, 2.05) is 11.3 Å². The maximum atomic E-state index is 3.64. The topological polar surface area (TPSA) is 12.0 Å². The molecule has 3 heteroatoms. The molecule has 1 N–H and O–H groups in total. The molecule has 1 aromatic heterocycles. The van der Waals surface area contributed by atoms with E-state index in [2.05, 4.69) is 58.5 Å². The number of thiophene rings is 1. The molecular weight excluding hydrogens is 330 g/mol. The Morgan fingerprint density at radius 2 is 2.10 bits per heavy atom. The summed E-state index contributed by atoms with van der Waals surface area (Å²) in [5, 5.41) is 3.64. The van der Waals surface area contributed by atoms with Crippen molar-refractivity contribution in [3.63, 3.8) is 0 Å². The van der Waals surface area contributed by atoms with Gasteiger partial charge >= 0.3 is 0 Å². The van der Waals surface area contributed by atoms with Crippen molar-refractivity contribution in [1.29, 1.82) is 0 Å². The molecule has 1 heterocycles. The second-order valence-corrected chi connectivity index (χ2v) is 7.62. The first-order valence-corrected chi connectivity index (χ1v) is 8.92. The van der Waals surface area contributed by atoms with Gasteiger partial charge < -0.3 is 5.32 Å². The summed E-state index contributed by atoms with van der Waals surface area (Å²) in [6, 6.07) is 11.4. The van der Waals surface area contributed by atoms with Gasteiger partial charge in [0.1, 0.15) is 0 Å². The molecule has 106 valence electrons. The van der Waals surface area contributed by atoms with E-state index in [1.165, 1.54) is 36.1 Å². The maximum absolute atomic E-state index is 3.64. The van der Waals surface area contributed by atoms with Crippen LogP contribution >= 0.6 is 27.3 Å². The van der Waals surface area contributed by atoms with Gasteiger partial charge in [0.2, 0.25) is 0 Å². The maximum Gasteiger partial charge on any atom is 0.0389 e. The lowest BCUT2D eigenvalue weighted by Crippen LogP contribution is -2.17. The largest absolute Gasteiger partial charge is 0.305 e. The van der Waals surface area contributed by atoms with Crippen LogP contribution in [0.4, 0.5) is 0 Å². The Morgan fingerprint density at radius 3 is 2.90 bits per heavy atom. The number of nitrogens with one attached hydrogen (secondary N) is 1. The number of benzene rings is 1. The van der Waals surface area contributed by atoms with Crippen LogP contribution in [0.15, 0.2) is 34.8 Å². The van der Waals surface area contributed by atoms with Crippen molar-refractivity contribution < 1.29 is 0 Å². The number of hydrogen-bond donors (Lipinski definition) is 1. The van der Waals surface area contributed by atoms with Gasteiger partial charge in [-0.3, -0.25) is 0 Å². The minimum Gasteiger partial charge on any atom is -0.305 e. The Labute approximate surface area is 133 Å². The second kappa shape index (κ2) is 6.42. The Morgan fingerprint density at radius 1 is 1.25 bits per heavy atom. The highest BCUT2D eigenvalue weighted by atomic mass is 79.9. The van der Waals surface area contributed by atoms with Crippen molar-refractivity contribution in [2.24, 2.45) is 0 Å². The lowest BCUT2D eigenvalue weighted by atomic mass is 9.99. The SMILES string of the molecule is CC(NCc1cccc(Br)c1)c1cc2c(s1)CCCC2. The minimum absolute atomic E-state index is 0.435. The second-order valence-electron chi connectivity index (χ2n) is 5.54. The Bertz CT molecular complexity index is 567. The molecule has 1 aromatic carbocycles. The number of aryl methyl sites for hydroxylation is 2. The van der Waals surface area contributed by atoms with Crippen LogP contribution < -0.4 is 5.32 Å². The summed E-state index contributed by atoms with van der Waals surface area (Å²) < 4.78 is 1.15. The van der Waals surface area contributed by atoms with Crippen molar-refractivity contribution in [3.05, 3.63) is 55.7 Å². The molecule has 1 unspecified atom stereocenters. The quantitative estimate of drug-likeness (QED) is 0.795. The van der Waals surface area contributed by atoms with Gasteiger partial charge in [-0.05, 0) is 61.9 Å². The van der Waals surface area contributed by atoms with E-state index in [0.29, 0.717) is 6.04 Å². The lowest BCUT2D eigenvalue weighted by molar-refractivity contribution is 0.582. The van der Waals surface area contributed by atoms with Crippen LogP contribution in [-0.4, -0.2) is 0 Å². The van der Waals surface area contributed by atoms with Crippen molar-refractivity contribution in [1.82, 2.24) is 5.32 Å². The van der Waals surface area contributed by atoms with Crippen LogP contribution in [0.25, 0.3) is 0 Å². The van der Waals surface area contributed by atoms with E-state index in [1.54, 1.807) is 10.4 Å². The Hall–Kier alpha value is -0.640. The third-order valence-electron chi connectivity index (χ3n) is 3.94. The molecule has 2 aromatic rings. The number of hydrogen-bond acceptors (Lipinski definition) is 2. The van der Waals surface area contributed by atoms with Crippen molar-refractivity contribution in [2.45, 2.75) is 45.2 Å². The van der Waals surface area contributed by atoms with Crippen LogP contribution in [0.2, 0.25) is 0 Å². The minimum atomic E-state index is 0.435. The predicted octanol–water partition coefficient (Wildman–Crippen LogP) is 5.24. The average molecular weight is 350 g/mol. The fraction of sp³-hybridized carbons (Fsp3) is 0.412. The van der Waals surface area contributed by atoms with E-state index in [9.17, 15) is 0 Å². The predicted molar refractivity (Wildman–Crippen MR) is 90.4 cm³/mol. The Kier molecular flexibility index (Phi) is 4.59. The third-order valence-corrected chi connectivity index (χ3v) is 5.86. The molecular formula is C17H20BrNS. The molecule has 0 fully saturated rings. The zero-order valence-corrected chi connectivity index (χ0v) is 14.2. The molecule has 20 heavy (non-hydrogen) atoms. The molecule has 0 aliphatic heterocycles. The highest BCUT2D eigenvalue weighted by Gasteiger charge is 2.16. The normalized spacial score (nSPS) is 15.9. The van der Waals surface area contributed by atoms with Crippen molar-refractivity contribution in [2.75, 3.05) is 0 Å². The molecule has 0 radical (unpaired) electrons. The number of fused-ring (bicyclic) bond motifs is 1. The fourth-order valence-corrected chi connectivity index (χ4v) is 4.48. The lowest BCUT2D eigenvalue weighted by Gasteiger charge is -2.12. The van der Waals surface area contributed by atoms with E-state index < -0.39 is 0 Å². The fourth-order valence-electron chi connectivity index (χ4n) is 2.75. The van der Waals surface area contributed by atoms with E-state index in [-0.39, 0.29) is 0 Å². The van der Waals surface area contributed by atoms with Gasteiger partial charge in [0, 0.05) is 26.8 Å². The zero-order valence-electron chi connectivity index (χ0n) is 11.8. The van der Waals surface area contributed by atoms with Gasteiger partial charge in [-0.2, -0.15) is 0 Å². The van der Waals surface area contributed by atoms with Crippen LogP contribution in [0.3, 0.4) is 0 Å². The summed E-state index contributed by atoms with van der Waals surface area (Å²) in [7, 11) is 0. The van der Waals surface area contributed by atoms with Gasteiger partial charge in [0.25, 0.3) is 0 Å². The van der Waals surface area contributed by atoms with Gasteiger partial charge in [-0.1, -0.05) is 28.1 Å². The van der Waals surface area contributed by atoms with Crippen LogP contribution in [-0.2, 0) is 19.4 Å². The van der Waals surface area contributed by atoms with Crippen molar-refractivity contribution >= 4 is 27.3 Å².